The smallest absolute Gasteiger partial charge is 0.0456 e. The minimum Gasteiger partial charge on any atom is -0.361 e. The van der Waals surface area contributed by atoms with Crippen LogP contribution >= 0.6 is 15.9 Å². The van der Waals surface area contributed by atoms with Crippen LogP contribution in [0.1, 0.15) is 16.7 Å². The average Bonchev–Trinajstić information content (AvgIpc) is 2.83. The number of aromatic amines is 1. The number of benzene rings is 2. The topological polar surface area (TPSA) is 15.8 Å². The second-order valence-electron chi connectivity index (χ2n) is 4.49. The summed E-state index contributed by atoms with van der Waals surface area (Å²) in [5.74, 6) is 0. The third kappa shape index (κ3) is 2.21. The third-order valence-electron chi connectivity index (χ3n) is 3.25. The summed E-state index contributed by atoms with van der Waals surface area (Å²) in [7, 11) is 0. The van der Waals surface area contributed by atoms with E-state index < -0.39 is 0 Å². The monoisotopic (exact) mass is 299 g/mol. The maximum absolute atomic E-state index is 3.47. The van der Waals surface area contributed by atoms with Crippen LogP contribution in [0.15, 0.2) is 54.7 Å². The average molecular weight is 300 g/mol. The summed E-state index contributed by atoms with van der Waals surface area (Å²) in [6.07, 6.45) is 3.09. The van der Waals surface area contributed by atoms with Crippen molar-refractivity contribution in [2.45, 2.75) is 11.8 Å². The molecule has 0 aliphatic heterocycles. The fourth-order valence-electron chi connectivity index (χ4n) is 2.24. The van der Waals surface area contributed by atoms with Gasteiger partial charge in [-0.25, -0.2) is 0 Å². The predicted molar refractivity (Wildman–Crippen MR) is 80.2 cm³/mol. The zero-order valence-electron chi connectivity index (χ0n) is 9.99. The molecule has 3 rings (SSSR count). The molecule has 18 heavy (non-hydrogen) atoms. The Morgan fingerprint density at radius 2 is 1.61 bits per heavy atom. The molecule has 1 aromatic heterocycles. The minimum atomic E-state index is 0.917. The Balaban J connectivity index is 1.91. The van der Waals surface area contributed by atoms with E-state index >= 15 is 0 Å². The molecule has 3 aromatic rings. The minimum absolute atomic E-state index is 0.917. The number of fused-ring (bicyclic) bond motifs is 1. The quantitative estimate of drug-likeness (QED) is 0.677. The zero-order valence-corrected chi connectivity index (χ0v) is 11.6. The van der Waals surface area contributed by atoms with Gasteiger partial charge in [-0.2, -0.15) is 0 Å². The summed E-state index contributed by atoms with van der Waals surface area (Å²) >= 11 is 3.47. The number of alkyl halides is 1. The van der Waals surface area contributed by atoms with Gasteiger partial charge in [0, 0.05) is 22.4 Å². The molecule has 1 N–H and O–H groups in total. The van der Waals surface area contributed by atoms with Crippen LogP contribution in [0.2, 0.25) is 0 Å². The molecule has 1 nitrogen and oxygen atoms in total. The van der Waals surface area contributed by atoms with Crippen molar-refractivity contribution in [3.8, 4) is 0 Å². The number of H-pyrrole nitrogens is 1. The Kier molecular flexibility index (Phi) is 3.20. The van der Waals surface area contributed by atoms with E-state index in [0.29, 0.717) is 0 Å². The standard InChI is InChI=1S/C16H14BrN/c17-10-13-7-5-12(6-8-13)9-14-11-18-16-4-2-1-3-15(14)16/h1-8,11,18H,9-10H2. The summed E-state index contributed by atoms with van der Waals surface area (Å²) in [4.78, 5) is 3.32. The van der Waals surface area contributed by atoms with E-state index in [0.717, 1.165) is 11.8 Å². The van der Waals surface area contributed by atoms with Crippen LogP contribution < -0.4 is 0 Å². The van der Waals surface area contributed by atoms with Crippen molar-refractivity contribution >= 4 is 26.8 Å². The number of halogens is 1. The molecule has 90 valence electrons. The first-order chi connectivity index (χ1) is 8.86. The molecular weight excluding hydrogens is 286 g/mol. The van der Waals surface area contributed by atoms with Gasteiger partial charge in [0.25, 0.3) is 0 Å². The maximum Gasteiger partial charge on any atom is 0.0456 e. The van der Waals surface area contributed by atoms with Gasteiger partial charge in [0.1, 0.15) is 0 Å². The van der Waals surface area contributed by atoms with Crippen molar-refractivity contribution in [3.05, 3.63) is 71.4 Å². The second kappa shape index (κ2) is 4.99. The highest BCUT2D eigenvalue weighted by atomic mass is 79.9. The molecule has 0 radical (unpaired) electrons. The number of rotatable bonds is 3. The summed E-state index contributed by atoms with van der Waals surface area (Å²) < 4.78 is 0. The Morgan fingerprint density at radius 1 is 0.889 bits per heavy atom. The van der Waals surface area contributed by atoms with Crippen LogP contribution in [-0.2, 0) is 11.8 Å². The molecule has 1 heterocycles. The zero-order chi connectivity index (χ0) is 12.4. The van der Waals surface area contributed by atoms with Crippen LogP contribution in [0.4, 0.5) is 0 Å². The first-order valence-electron chi connectivity index (χ1n) is 6.05. The number of nitrogens with one attached hydrogen (secondary N) is 1. The van der Waals surface area contributed by atoms with E-state index in [-0.39, 0.29) is 0 Å². The van der Waals surface area contributed by atoms with Crippen molar-refractivity contribution in [1.82, 2.24) is 4.98 Å². The van der Waals surface area contributed by atoms with Crippen LogP contribution in [0, 0.1) is 0 Å². The molecule has 0 aliphatic carbocycles. The molecule has 0 aliphatic rings. The summed E-state index contributed by atoms with van der Waals surface area (Å²) in [5.41, 5.74) is 5.24. The molecule has 2 aromatic carbocycles. The molecule has 0 amide bonds. The first-order valence-corrected chi connectivity index (χ1v) is 7.18. The van der Waals surface area contributed by atoms with Crippen LogP contribution in [0.25, 0.3) is 10.9 Å². The Hall–Kier alpha value is -1.54. The lowest BCUT2D eigenvalue weighted by Crippen LogP contribution is -1.87. The van der Waals surface area contributed by atoms with Crippen LogP contribution in [0.5, 0.6) is 0 Å². The van der Waals surface area contributed by atoms with E-state index in [2.05, 4.69) is 75.6 Å². The molecule has 0 bridgehead atoms. The third-order valence-corrected chi connectivity index (χ3v) is 3.89. The molecule has 0 unspecified atom stereocenters. The Labute approximate surface area is 115 Å². The molecule has 0 spiro atoms. The summed E-state index contributed by atoms with van der Waals surface area (Å²) in [5, 5.41) is 2.24. The number of hydrogen-bond acceptors (Lipinski definition) is 0. The van der Waals surface area contributed by atoms with Gasteiger partial charge >= 0.3 is 0 Å². The van der Waals surface area contributed by atoms with Gasteiger partial charge in [-0.1, -0.05) is 58.4 Å². The van der Waals surface area contributed by atoms with E-state index in [1.54, 1.807) is 0 Å². The van der Waals surface area contributed by atoms with E-state index in [1.165, 1.54) is 27.6 Å². The van der Waals surface area contributed by atoms with Gasteiger partial charge in [-0.15, -0.1) is 0 Å². The normalized spacial score (nSPS) is 10.9. The van der Waals surface area contributed by atoms with Crippen LogP contribution in [-0.4, -0.2) is 4.98 Å². The SMILES string of the molecule is BrCc1ccc(Cc2c[nH]c3ccccc23)cc1. The largest absolute Gasteiger partial charge is 0.361 e. The molecule has 0 atom stereocenters. The Bertz CT molecular complexity index is 652. The van der Waals surface area contributed by atoms with E-state index in [4.69, 9.17) is 0 Å². The molecule has 0 saturated carbocycles. The summed E-state index contributed by atoms with van der Waals surface area (Å²) in [6, 6.07) is 17.2. The highest BCUT2D eigenvalue weighted by Gasteiger charge is 2.03. The van der Waals surface area contributed by atoms with E-state index in [1.807, 2.05) is 0 Å². The molecular formula is C16H14BrN. The van der Waals surface area contributed by atoms with Gasteiger partial charge in [-0.05, 0) is 29.2 Å². The lowest BCUT2D eigenvalue weighted by molar-refractivity contribution is 1.20. The van der Waals surface area contributed by atoms with Crippen molar-refractivity contribution in [2.24, 2.45) is 0 Å². The molecule has 0 fully saturated rings. The van der Waals surface area contributed by atoms with Gasteiger partial charge in [0.05, 0.1) is 0 Å². The fourth-order valence-corrected chi connectivity index (χ4v) is 2.62. The van der Waals surface area contributed by atoms with Gasteiger partial charge in [0.2, 0.25) is 0 Å². The van der Waals surface area contributed by atoms with Crippen LogP contribution in [0.3, 0.4) is 0 Å². The van der Waals surface area contributed by atoms with Crippen molar-refractivity contribution in [3.63, 3.8) is 0 Å². The molecule has 2 heteroatoms. The fraction of sp³-hybridized carbons (Fsp3) is 0.125. The highest BCUT2D eigenvalue weighted by molar-refractivity contribution is 9.08. The highest BCUT2D eigenvalue weighted by Crippen LogP contribution is 2.21. The maximum atomic E-state index is 3.47. The van der Waals surface area contributed by atoms with Gasteiger partial charge < -0.3 is 4.98 Å². The predicted octanol–water partition coefficient (Wildman–Crippen LogP) is 4.65. The van der Waals surface area contributed by atoms with Crippen molar-refractivity contribution in [2.75, 3.05) is 0 Å². The van der Waals surface area contributed by atoms with Gasteiger partial charge in [0.15, 0.2) is 0 Å². The van der Waals surface area contributed by atoms with Crippen molar-refractivity contribution < 1.29 is 0 Å². The second-order valence-corrected chi connectivity index (χ2v) is 5.05. The summed E-state index contributed by atoms with van der Waals surface area (Å²) in [6.45, 7) is 0. The molecule has 0 saturated heterocycles. The lowest BCUT2D eigenvalue weighted by atomic mass is 10.0. The number of hydrogen-bond donors (Lipinski definition) is 1. The van der Waals surface area contributed by atoms with Crippen molar-refractivity contribution in [1.29, 1.82) is 0 Å². The lowest BCUT2D eigenvalue weighted by Gasteiger charge is -2.02. The van der Waals surface area contributed by atoms with E-state index in [9.17, 15) is 0 Å². The Morgan fingerprint density at radius 3 is 2.39 bits per heavy atom. The number of para-hydroxylation sites is 1. The number of aromatic nitrogens is 1. The first kappa shape index (κ1) is 11.5. The van der Waals surface area contributed by atoms with Gasteiger partial charge in [-0.3, -0.25) is 0 Å².